The van der Waals surface area contributed by atoms with Gasteiger partial charge in [0.1, 0.15) is 0 Å². The number of hydrogen-bond donors (Lipinski definition) is 2. The van der Waals surface area contributed by atoms with Crippen LogP contribution >= 0.6 is 11.6 Å². The number of aliphatic hydroxyl groups excluding tert-OH is 1. The summed E-state index contributed by atoms with van der Waals surface area (Å²) < 4.78 is 0. The lowest BCUT2D eigenvalue weighted by atomic mass is 9.91. The number of hydrogen-bond acceptors (Lipinski definition) is 5. The number of nitrogens with one attached hydrogen (secondary N) is 1. The van der Waals surface area contributed by atoms with Crippen LogP contribution in [0.25, 0.3) is 11.4 Å². The number of aromatic nitrogens is 4. The molecular weight excluding hydrogens is 426 g/mol. The minimum Gasteiger partial charge on any atom is -0.391 e. The maximum Gasteiger partial charge on any atom is 0.228 e. The molecule has 0 spiro atoms. The van der Waals surface area contributed by atoms with Gasteiger partial charge in [-0.25, -0.2) is 0 Å². The molecule has 7 nitrogen and oxygen atoms in total. The van der Waals surface area contributed by atoms with Gasteiger partial charge in [0.15, 0.2) is 0 Å². The van der Waals surface area contributed by atoms with E-state index in [2.05, 4.69) is 39.8 Å². The molecule has 1 aromatic heterocycles. The van der Waals surface area contributed by atoms with Gasteiger partial charge >= 0.3 is 0 Å². The molecule has 170 valence electrons. The van der Waals surface area contributed by atoms with Crippen molar-refractivity contribution >= 4 is 17.5 Å². The summed E-state index contributed by atoms with van der Waals surface area (Å²) in [5, 5.41) is 26.4. The summed E-state index contributed by atoms with van der Waals surface area (Å²) >= 11 is 6.28. The van der Waals surface area contributed by atoms with Gasteiger partial charge in [-0.05, 0) is 49.6 Å². The number of tetrazole rings is 1. The summed E-state index contributed by atoms with van der Waals surface area (Å²) in [5.74, 6) is 0.272. The molecule has 0 aliphatic heterocycles. The lowest BCUT2D eigenvalue weighted by Gasteiger charge is -2.29. The third-order valence-corrected chi connectivity index (χ3v) is 5.71. The van der Waals surface area contributed by atoms with Crippen LogP contribution < -0.4 is 5.32 Å². The minimum atomic E-state index is -0.850. The van der Waals surface area contributed by atoms with E-state index in [-0.39, 0.29) is 12.5 Å². The molecule has 3 rings (SSSR count). The van der Waals surface area contributed by atoms with Crippen LogP contribution in [-0.4, -0.2) is 37.3 Å². The van der Waals surface area contributed by atoms with Gasteiger partial charge in [-0.3, -0.25) is 4.79 Å². The molecular formula is C24H30ClN5O2. The lowest BCUT2D eigenvalue weighted by molar-refractivity contribution is -0.132. The molecule has 2 unspecified atom stereocenters. The Kier molecular flexibility index (Phi) is 7.64. The Morgan fingerprint density at radius 1 is 1.19 bits per heavy atom. The molecule has 0 radical (unpaired) electrons. The Morgan fingerprint density at radius 3 is 2.50 bits per heavy atom. The van der Waals surface area contributed by atoms with Gasteiger partial charge in [-0.15, -0.1) is 10.2 Å². The molecule has 0 fully saturated rings. The lowest BCUT2D eigenvalue weighted by Crippen LogP contribution is -2.44. The zero-order valence-electron chi connectivity index (χ0n) is 18.9. The van der Waals surface area contributed by atoms with Crippen LogP contribution in [-0.2, 0) is 17.8 Å². The summed E-state index contributed by atoms with van der Waals surface area (Å²) in [6.45, 7) is 7.61. The van der Waals surface area contributed by atoms with Crippen molar-refractivity contribution in [1.82, 2.24) is 25.5 Å². The third-order valence-electron chi connectivity index (χ3n) is 5.36. The zero-order valence-corrected chi connectivity index (χ0v) is 19.7. The van der Waals surface area contributed by atoms with E-state index in [1.54, 1.807) is 32.9 Å². The van der Waals surface area contributed by atoms with Crippen molar-refractivity contribution in [3.8, 4) is 11.4 Å². The van der Waals surface area contributed by atoms with Crippen molar-refractivity contribution in [2.75, 3.05) is 0 Å². The van der Waals surface area contributed by atoms with Crippen molar-refractivity contribution in [2.24, 2.45) is 5.41 Å². The molecule has 1 amide bonds. The first-order valence-corrected chi connectivity index (χ1v) is 11.2. The second kappa shape index (κ2) is 10.2. The number of aryl methyl sites for hydroxylation is 1. The van der Waals surface area contributed by atoms with Crippen molar-refractivity contribution in [2.45, 2.75) is 59.2 Å². The van der Waals surface area contributed by atoms with Crippen molar-refractivity contribution in [3.05, 3.63) is 64.7 Å². The molecule has 0 bridgehead atoms. The van der Waals surface area contributed by atoms with E-state index < -0.39 is 17.6 Å². The van der Waals surface area contributed by atoms with Gasteiger partial charge in [-0.2, -0.15) is 4.80 Å². The molecule has 2 aromatic carbocycles. The number of carbonyl (C=O) groups excluding carboxylic acids is 1. The van der Waals surface area contributed by atoms with Gasteiger partial charge in [0.05, 0.1) is 24.1 Å². The van der Waals surface area contributed by atoms with E-state index in [1.807, 2.05) is 24.3 Å². The van der Waals surface area contributed by atoms with E-state index in [9.17, 15) is 9.90 Å². The van der Waals surface area contributed by atoms with E-state index in [0.717, 1.165) is 18.4 Å². The molecule has 1 heterocycles. The Bertz CT molecular complexity index is 1050. The molecule has 0 aliphatic carbocycles. The number of halogens is 1. The molecule has 2 atom stereocenters. The number of carbonyl (C=O) groups is 1. The second-order valence-corrected chi connectivity index (χ2v) is 9.09. The average Bonchev–Trinajstić information content (AvgIpc) is 3.20. The molecule has 0 saturated carbocycles. The fourth-order valence-corrected chi connectivity index (χ4v) is 3.74. The molecule has 32 heavy (non-hydrogen) atoms. The Labute approximate surface area is 193 Å². The van der Waals surface area contributed by atoms with Gasteiger partial charge < -0.3 is 10.4 Å². The quantitative estimate of drug-likeness (QED) is 0.504. The van der Waals surface area contributed by atoms with Crippen molar-refractivity contribution < 1.29 is 9.90 Å². The molecule has 8 heteroatoms. The fraction of sp³-hybridized carbons (Fsp3) is 0.417. The van der Waals surface area contributed by atoms with Gasteiger partial charge in [0, 0.05) is 10.6 Å². The van der Waals surface area contributed by atoms with Crippen molar-refractivity contribution in [1.29, 1.82) is 0 Å². The van der Waals surface area contributed by atoms with Crippen LogP contribution in [0.3, 0.4) is 0 Å². The normalized spacial score (nSPS) is 13.6. The molecule has 0 saturated heterocycles. The van der Waals surface area contributed by atoms with Crippen molar-refractivity contribution in [3.63, 3.8) is 0 Å². The van der Waals surface area contributed by atoms with Crippen LogP contribution in [0.1, 0.15) is 51.3 Å². The zero-order chi connectivity index (χ0) is 23.3. The van der Waals surface area contributed by atoms with E-state index in [4.69, 9.17) is 11.6 Å². The molecule has 2 N–H and O–H groups in total. The van der Waals surface area contributed by atoms with Crippen LogP contribution in [0.4, 0.5) is 0 Å². The minimum absolute atomic E-state index is 0.231. The predicted molar refractivity (Wildman–Crippen MR) is 125 cm³/mol. The summed E-state index contributed by atoms with van der Waals surface area (Å²) in [6, 6.07) is 14.6. The highest BCUT2D eigenvalue weighted by atomic mass is 35.5. The largest absolute Gasteiger partial charge is 0.391 e. The maximum atomic E-state index is 13.1. The van der Waals surface area contributed by atoms with E-state index >= 15 is 0 Å². The molecule has 0 aliphatic rings. The summed E-state index contributed by atoms with van der Waals surface area (Å²) in [6.07, 6.45) is 1.31. The standard InChI is InChI=1S/C24H30ClN5O2/c1-5-8-17-11-13-18(14-12-17)22-27-29-30(28-22)15-24(3,4)23(32)26-21(16(2)31)19-9-6-7-10-20(19)25/h6-7,9-14,16,21,31H,5,8,15H2,1-4H3,(H,26,32). The summed E-state index contributed by atoms with van der Waals surface area (Å²) in [4.78, 5) is 14.5. The van der Waals surface area contributed by atoms with E-state index in [1.165, 1.54) is 10.4 Å². The van der Waals surface area contributed by atoms with Crippen LogP contribution in [0.5, 0.6) is 0 Å². The second-order valence-electron chi connectivity index (χ2n) is 8.69. The maximum absolute atomic E-state index is 13.1. The number of benzene rings is 2. The predicted octanol–water partition coefficient (Wildman–Crippen LogP) is 4.21. The smallest absolute Gasteiger partial charge is 0.228 e. The van der Waals surface area contributed by atoms with E-state index in [0.29, 0.717) is 16.4 Å². The highest BCUT2D eigenvalue weighted by Gasteiger charge is 2.33. The van der Waals surface area contributed by atoms with Crippen LogP contribution in [0, 0.1) is 5.41 Å². The number of aliphatic hydroxyl groups is 1. The SMILES string of the molecule is CCCc1ccc(-c2nnn(CC(C)(C)C(=O)NC(c3ccccc3Cl)C(C)O)n2)cc1. The fourth-order valence-electron chi connectivity index (χ4n) is 3.48. The Morgan fingerprint density at radius 2 is 1.88 bits per heavy atom. The Hall–Kier alpha value is -2.77. The highest BCUT2D eigenvalue weighted by Crippen LogP contribution is 2.27. The summed E-state index contributed by atoms with van der Waals surface area (Å²) in [7, 11) is 0. The number of amides is 1. The monoisotopic (exact) mass is 455 g/mol. The number of nitrogens with zero attached hydrogens (tertiary/aromatic N) is 4. The third kappa shape index (κ3) is 5.72. The first-order valence-electron chi connectivity index (χ1n) is 10.8. The highest BCUT2D eigenvalue weighted by molar-refractivity contribution is 6.31. The number of rotatable bonds is 9. The van der Waals surface area contributed by atoms with Gasteiger partial charge in [-0.1, -0.05) is 67.4 Å². The molecule has 3 aromatic rings. The van der Waals surface area contributed by atoms with Gasteiger partial charge in [0.2, 0.25) is 11.7 Å². The average molecular weight is 456 g/mol. The topological polar surface area (TPSA) is 92.9 Å². The first kappa shape index (κ1) is 23.9. The van der Waals surface area contributed by atoms with Gasteiger partial charge in [0.25, 0.3) is 0 Å². The van der Waals surface area contributed by atoms with Crippen LogP contribution in [0.15, 0.2) is 48.5 Å². The summed E-state index contributed by atoms with van der Waals surface area (Å²) in [5.41, 5.74) is 1.97. The van der Waals surface area contributed by atoms with Crippen LogP contribution in [0.2, 0.25) is 5.02 Å². The Balaban J connectivity index is 1.71. The first-order chi connectivity index (χ1) is 15.2.